The van der Waals surface area contributed by atoms with E-state index in [9.17, 15) is 0 Å². The second-order valence-corrected chi connectivity index (χ2v) is 4.72. The third-order valence-corrected chi connectivity index (χ3v) is 2.85. The Bertz CT molecular complexity index is 468. The molecular weight excluding hydrogens is 287 g/mol. The zero-order chi connectivity index (χ0) is 11.4. The van der Waals surface area contributed by atoms with E-state index in [1.54, 1.807) is 0 Å². The highest BCUT2D eigenvalue weighted by molar-refractivity contribution is 9.10. The van der Waals surface area contributed by atoms with Crippen molar-refractivity contribution in [3.05, 3.63) is 63.6 Å². The van der Waals surface area contributed by atoms with Gasteiger partial charge in [0.25, 0.3) is 0 Å². The summed E-state index contributed by atoms with van der Waals surface area (Å²) in [5.74, 6) is 0.823. The molecule has 0 bridgehead atoms. The number of hydrogen-bond donors (Lipinski definition) is 0. The fourth-order valence-electron chi connectivity index (χ4n) is 1.32. The van der Waals surface area contributed by atoms with Gasteiger partial charge in [-0.2, -0.15) is 0 Å². The standard InChI is InChI=1S/C13H10BrClO/c14-11-3-1-2-10(8-11)9-16-13-6-4-12(15)5-7-13/h1-8H,9H2. The van der Waals surface area contributed by atoms with Crippen molar-refractivity contribution in [2.24, 2.45) is 0 Å². The van der Waals surface area contributed by atoms with Gasteiger partial charge >= 0.3 is 0 Å². The minimum absolute atomic E-state index is 0.557. The maximum Gasteiger partial charge on any atom is 0.119 e. The van der Waals surface area contributed by atoms with Crippen LogP contribution >= 0.6 is 27.5 Å². The van der Waals surface area contributed by atoms with Crippen LogP contribution < -0.4 is 4.74 Å². The lowest BCUT2D eigenvalue weighted by molar-refractivity contribution is 0.306. The molecule has 0 aliphatic carbocycles. The van der Waals surface area contributed by atoms with E-state index in [-0.39, 0.29) is 0 Å². The number of benzene rings is 2. The molecule has 0 amide bonds. The summed E-state index contributed by atoms with van der Waals surface area (Å²) in [7, 11) is 0. The lowest BCUT2D eigenvalue weighted by Gasteiger charge is -2.06. The maximum absolute atomic E-state index is 5.79. The van der Waals surface area contributed by atoms with Crippen LogP contribution in [0.4, 0.5) is 0 Å². The lowest BCUT2D eigenvalue weighted by atomic mass is 10.2. The summed E-state index contributed by atoms with van der Waals surface area (Å²) in [6, 6.07) is 15.4. The zero-order valence-corrected chi connectivity index (χ0v) is 10.8. The van der Waals surface area contributed by atoms with Crippen molar-refractivity contribution in [3.8, 4) is 5.75 Å². The van der Waals surface area contributed by atoms with Crippen molar-refractivity contribution in [2.45, 2.75) is 6.61 Å². The maximum atomic E-state index is 5.79. The van der Waals surface area contributed by atoms with Gasteiger partial charge in [0.1, 0.15) is 12.4 Å². The van der Waals surface area contributed by atoms with Crippen LogP contribution in [-0.4, -0.2) is 0 Å². The first-order valence-electron chi connectivity index (χ1n) is 4.87. The van der Waals surface area contributed by atoms with Crippen LogP contribution in [0.25, 0.3) is 0 Å². The van der Waals surface area contributed by atoms with Gasteiger partial charge in [0.2, 0.25) is 0 Å². The minimum Gasteiger partial charge on any atom is -0.489 e. The van der Waals surface area contributed by atoms with Crippen molar-refractivity contribution in [1.29, 1.82) is 0 Å². The third-order valence-electron chi connectivity index (χ3n) is 2.11. The molecule has 16 heavy (non-hydrogen) atoms. The van der Waals surface area contributed by atoms with Gasteiger partial charge in [-0.25, -0.2) is 0 Å². The molecular formula is C13H10BrClO. The summed E-state index contributed by atoms with van der Waals surface area (Å²) < 4.78 is 6.68. The van der Waals surface area contributed by atoms with Gasteiger partial charge in [0, 0.05) is 9.50 Å². The first-order valence-corrected chi connectivity index (χ1v) is 6.04. The molecule has 2 rings (SSSR count). The SMILES string of the molecule is Clc1ccc(OCc2cccc(Br)c2)cc1. The monoisotopic (exact) mass is 296 g/mol. The first-order chi connectivity index (χ1) is 7.74. The molecule has 0 unspecified atom stereocenters. The number of halogens is 2. The van der Waals surface area contributed by atoms with E-state index < -0.39 is 0 Å². The first kappa shape index (κ1) is 11.5. The Morgan fingerprint density at radius 3 is 2.50 bits per heavy atom. The molecule has 2 aromatic rings. The highest BCUT2D eigenvalue weighted by Gasteiger charge is 1.96. The topological polar surface area (TPSA) is 9.23 Å². The number of hydrogen-bond acceptors (Lipinski definition) is 1. The van der Waals surface area contributed by atoms with E-state index in [2.05, 4.69) is 15.9 Å². The molecule has 82 valence electrons. The molecule has 1 nitrogen and oxygen atoms in total. The average Bonchev–Trinajstić information content (AvgIpc) is 2.28. The molecule has 0 aliphatic rings. The lowest BCUT2D eigenvalue weighted by Crippen LogP contribution is -1.94. The van der Waals surface area contributed by atoms with Crippen LogP contribution in [-0.2, 0) is 6.61 Å². The quantitative estimate of drug-likeness (QED) is 0.799. The Morgan fingerprint density at radius 2 is 1.81 bits per heavy atom. The second kappa shape index (κ2) is 5.37. The van der Waals surface area contributed by atoms with Crippen molar-refractivity contribution in [3.63, 3.8) is 0 Å². The van der Waals surface area contributed by atoms with Crippen LogP contribution in [0.15, 0.2) is 53.0 Å². The summed E-state index contributed by atoms with van der Waals surface area (Å²) in [5.41, 5.74) is 1.13. The second-order valence-electron chi connectivity index (χ2n) is 3.37. The summed E-state index contributed by atoms with van der Waals surface area (Å²) >= 11 is 9.21. The fourth-order valence-corrected chi connectivity index (χ4v) is 1.90. The van der Waals surface area contributed by atoms with Gasteiger partial charge < -0.3 is 4.74 Å². The molecule has 0 saturated heterocycles. The molecule has 0 heterocycles. The van der Waals surface area contributed by atoms with Gasteiger partial charge in [-0.15, -0.1) is 0 Å². The normalized spacial score (nSPS) is 10.1. The molecule has 2 aromatic carbocycles. The van der Waals surface area contributed by atoms with E-state index in [1.165, 1.54) is 0 Å². The molecule has 3 heteroatoms. The summed E-state index contributed by atoms with van der Waals surface area (Å²) in [5, 5.41) is 0.717. The molecule has 0 aliphatic heterocycles. The Kier molecular flexibility index (Phi) is 3.86. The highest BCUT2D eigenvalue weighted by atomic mass is 79.9. The Balaban J connectivity index is 1.99. The largest absolute Gasteiger partial charge is 0.489 e. The molecule has 0 saturated carbocycles. The van der Waals surface area contributed by atoms with E-state index >= 15 is 0 Å². The Morgan fingerprint density at radius 1 is 1.06 bits per heavy atom. The smallest absolute Gasteiger partial charge is 0.119 e. The zero-order valence-electron chi connectivity index (χ0n) is 8.49. The van der Waals surface area contributed by atoms with Crippen molar-refractivity contribution < 1.29 is 4.74 Å². The fraction of sp³-hybridized carbons (Fsp3) is 0.0769. The Hall–Kier alpha value is -0.990. The third kappa shape index (κ3) is 3.26. The Labute approximate surface area is 108 Å². The van der Waals surface area contributed by atoms with E-state index in [4.69, 9.17) is 16.3 Å². The van der Waals surface area contributed by atoms with Crippen LogP contribution in [0.2, 0.25) is 5.02 Å². The van der Waals surface area contributed by atoms with Gasteiger partial charge in [0.05, 0.1) is 0 Å². The van der Waals surface area contributed by atoms with E-state index in [1.807, 2.05) is 48.5 Å². The van der Waals surface area contributed by atoms with Crippen LogP contribution in [0.3, 0.4) is 0 Å². The van der Waals surface area contributed by atoms with Crippen molar-refractivity contribution in [1.82, 2.24) is 0 Å². The molecule has 0 atom stereocenters. The van der Waals surface area contributed by atoms with Crippen LogP contribution in [0, 0.1) is 0 Å². The average molecular weight is 298 g/mol. The predicted octanol–water partition coefficient (Wildman–Crippen LogP) is 4.68. The van der Waals surface area contributed by atoms with Gasteiger partial charge in [0.15, 0.2) is 0 Å². The molecule has 0 N–H and O–H groups in total. The van der Waals surface area contributed by atoms with Crippen LogP contribution in [0.1, 0.15) is 5.56 Å². The molecule has 0 spiro atoms. The molecule has 0 fully saturated rings. The highest BCUT2D eigenvalue weighted by Crippen LogP contribution is 2.18. The van der Waals surface area contributed by atoms with E-state index in [0.29, 0.717) is 6.61 Å². The summed E-state index contributed by atoms with van der Waals surface area (Å²) in [6.45, 7) is 0.557. The van der Waals surface area contributed by atoms with E-state index in [0.717, 1.165) is 20.8 Å². The van der Waals surface area contributed by atoms with Gasteiger partial charge in [-0.1, -0.05) is 39.7 Å². The predicted molar refractivity (Wildman–Crippen MR) is 69.9 cm³/mol. The van der Waals surface area contributed by atoms with Gasteiger partial charge in [-0.05, 0) is 42.0 Å². The van der Waals surface area contributed by atoms with Crippen LogP contribution in [0.5, 0.6) is 5.75 Å². The number of rotatable bonds is 3. The summed E-state index contributed by atoms with van der Waals surface area (Å²) in [6.07, 6.45) is 0. The molecule has 0 radical (unpaired) electrons. The number of ether oxygens (including phenoxy) is 1. The van der Waals surface area contributed by atoms with Crippen molar-refractivity contribution >= 4 is 27.5 Å². The molecule has 0 aromatic heterocycles. The van der Waals surface area contributed by atoms with Crippen molar-refractivity contribution in [2.75, 3.05) is 0 Å². The van der Waals surface area contributed by atoms with Gasteiger partial charge in [-0.3, -0.25) is 0 Å². The summed E-state index contributed by atoms with van der Waals surface area (Å²) in [4.78, 5) is 0. The minimum atomic E-state index is 0.557.